The van der Waals surface area contributed by atoms with Gasteiger partial charge in [-0.05, 0) is 37.1 Å². The zero-order chi connectivity index (χ0) is 18.9. The fraction of sp³-hybridized carbons (Fsp3) is 0.421. The molecule has 0 unspecified atom stereocenters. The monoisotopic (exact) mass is 359 g/mol. The second-order valence-electron chi connectivity index (χ2n) is 5.97. The summed E-state index contributed by atoms with van der Waals surface area (Å²) in [4.78, 5) is 23.2. The maximum Gasteiger partial charge on any atom is 0.272 e. The Morgan fingerprint density at radius 2 is 2.04 bits per heavy atom. The van der Waals surface area contributed by atoms with Gasteiger partial charge in [0.2, 0.25) is 0 Å². The summed E-state index contributed by atoms with van der Waals surface area (Å²) < 4.78 is 11.2. The number of hydrogen-bond acceptors (Lipinski definition) is 5. The second kappa shape index (κ2) is 9.60. The van der Waals surface area contributed by atoms with Crippen molar-refractivity contribution in [2.45, 2.75) is 39.2 Å². The normalized spacial score (nSPS) is 11.7. The molecule has 1 aromatic carbocycles. The Labute approximate surface area is 152 Å². The molecule has 7 heteroatoms. The second-order valence-corrected chi connectivity index (χ2v) is 5.97. The van der Waals surface area contributed by atoms with Gasteiger partial charge >= 0.3 is 0 Å². The van der Waals surface area contributed by atoms with Gasteiger partial charge in [-0.1, -0.05) is 25.8 Å². The summed E-state index contributed by atoms with van der Waals surface area (Å²) >= 11 is 0. The van der Waals surface area contributed by atoms with Crippen LogP contribution in [0.5, 0.6) is 11.5 Å². The van der Waals surface area contributed by atoms with Crippen LogP contribution in [0.4, 0.5) is 0 Å². The Hall–Kier alpha value is -2.83. The molecular weight excluding hydrogens is 334 g/mol. The molecule has 0 radical (unpaired) electrons. The molecular formula is C19H25N3O4. The third-order valence-corrected chi connectivity index (χ3v) is 3.95. The van der Waals surface area contributed by atoms with Crippen molar-refractivity contribution in [1.29, 1.82) is 0 Å². The molecule has 140 valence electrons. The summed E-state index contributed by atoms with van der Waals surface area (Å²) in [6.07, 6.45) is 3.27. The SMILES string of the molecule is CCCCCOc1ccc([C@@H](C)NC(=O)c2ccc(=O)[nH]n2)cc1OC. The molecule has 2 N–H and O–H groups in total. The number of benzene rings is 1. The van der Waals surface area contributed by atoms with Crippen LogP contribution < -0.4 is 20.3 Å². The summed E-state index contributed by atoms with van der Waals surface area (Å²) in [5, 5.41) is 8.82. The molecule has 2 rings (SSSR count). The molecule has 1 aromatic heterocycles. The Bertz CT molecular complexity index is 768. The number of nitrogens with one attached hydrogen (secondary N) is 2. The molecule has 0 bridgehead atoms. The van der Waals surface area contributed by atoms with Crippen LogP contribution in [0, 0.1) is 0 Å². The number of ether oxygens (including phenoxy) is 2. The van der Waals surface area contributed by atoms with E-state index in [0.717, 1.165) is 24.8 Å². The fourth-order valence-electron chi connectivity index (χ4n) is 2.43. The van der Waals surface area contributed by atoms with Crippen molar-refractivity contribution in [2.24, 2.45) is 0 Å². The Morgan fingerprint density at radius 3 is 2.69 bits per heavy atom. The highest BCUT2D eigenvalue weighted by Gasteiger charge is 2.15. The van der Waals surface area contributed by atoms with Crippen LogP contribution in [0.1, 0.15) is 55.2 Å². The van der Waals surface area contributed by atoms with Crippen LogP contribution in [0.2, 0.25) is 0 Å². The van der Waals surface area contributed by atoms with E-state index in [9.17, 15) is 9.59 Å². The molecule has 1 heterocycles. The lowest BCUT2D eigenvalue weighted by molar-refractivity contribution is 0.0933. The predicted molar refractivity (Wildman–Crippen MR) is 98.8 cm³/mol. The van der Waals surface area contributed by atoms with E-state index >= 15 is 0 Å². The van der Waals surface area contributed by atoms with Gasteiger partial charge in [-0.15, -0.1) is 0 Å². The number of aromatic amines is 1. The number of amides is 1. The predicted octanol–water partition coefficient (Wildman–Crippen LogP) is 2.84. The van der Waals surface area contributed by atoms with Gasteiger partial charge < -0.3 is 14.8 Å². The summed E-state index contributed by atoms with van der Waals surface area (Å²) in [5.41, 5.74) is 0.675. The maximum atomic E-state index is 12.2. The third kappa shape index (κ3) is 5.34. The van der Waals surface area contributed by atoms with E-state index in [4.69, 9.17) is 9.47 Å². The molecule has 1 atom stereocenters. The van der Waals surface area contributed by atoms with E-state index in [0.29, 0.717) is 18.1 Å². The molecule has 26 heavy (non-hydrogen) atoms. The van der Waals surface area contributed by atoms with Crippen LogP contribution in [0.15, 0.2) is 35.1 Å². The first-order chi connectivity index (χ1) is 12.5. The van der Waals surface area contributed by atoms with Crippen LogP contribution in [0.25, 0.3) is 0 Å². The van der Waals surface area contributed by atoms with Gasteiger partial charge in [0, 0.05) is 6.07 Å². The number of hydrogen-bond donors (Lipinski definition) is 2. The number of unbranched alkanes of at least 4 members (excludes halogenated alkanes) is 2. The molecule has 1 amide bonds. The molecule has 7 nitrogen and oxygen atoms in total. The van der Waals surface area contributed by atoms with Gasteiger partial charge in [-0.25, -0.2) is 5.10 Å². The zero-order valence-electron chi connectivity index (χ0n) is 15.4. The molecule has 0 saturated heterocycles. The Kier molecular flexibility index (Phi) is 7.20. The van der Waals surface area contributed by atoms with E-state index in [1.165, 1.54) is 12.1 Å². The highest BCUT2D eigenvalue weighted by atomic mass is 16.5. The molecule has 0 aliphatic rings. The molecule has 0 fully saturated rings. The van der Waals surface area contributed by atoms with Crippen molar-refractivity contribution in [2.75, 3.05) is 13.7 Å². The van der Waals surface area contributed by atoms with Gasteiger partial charge in [0.25, 0.3) is 11.5 Å². The van der Waals surface area contributed by atoms with Crippen molar-refractivity contribution in [3.63, 3.8) is 0 Å². The number of H-pyrrole nitrogens is 1. The topological polar surface area (TPSA) is 93.3 Å². The van der Waals surface area contributed by atoms with Gasteiger partial charge in [-0.2, -0.15) is 5.10 Å². The minimum atomic E-state index is -0.368. The van der Waals surface area contributed by atoms with Crippen LogP contribution in [0.3, 0.4) is 0 Å². The summed E-state index contributed by atoms with van der Waals surface area (Å²) in [6.45, 7) is 4.65. The number of nitrogens with zero attached hydrogens (tertiary/aromatic N) is 1. The number of carbonyl (C=O) groups is 1. The summed E-state index contributed by atoms with van der Waals surface area (Å²) in [6, 6.07) is 7.97. The van der Waals surface area contributed by atoms with Crippen molar-refractivity contribution >= 4 is 5.91 Å². The number of rotatable bonds is 9. The van der Waals surface area contributed by atoms with E-state index in [-0.39, 0.29) is 23.2 Å². The summed E-state index contributed by atoms with van der Waals surface area (Å²) in [5.74, 6) is 0.947. The Morgan fingerprint density at radius 1 is 1.23 bits per heavy atom. The maximum absolute atomic E-state index is 12.2. The number of aromatic nitrogens is 2. The molecule has 0 spiro atoms. The average Bonchev–Trinajstić information content (AvgIpc) is 2.65. The van der Waals surface area contributed by atoms with Gasteiger partial charge in [0.1, 0.15) is 5.69 Å². The van der Waals surface area contributed by atoms with Crippen molar-refractivity contribution in [3.8, 4) is 11.5 Å². The largest absolute Gasteiger partial charge is 0.493 e. The van der Waals surface area contributed by atoms with E-state index in [1.807, 2.05) is 25.1 Å². The molecule has 2 aromatic rings. The lowest BCUT2D eigenvalue weighted by Gasteiger charge is -2.17. The standard InChI is InChI=1S/C19H25N3O4/c1-4-5-6-11-26-16-9-7-14(12-17(16)25-3)13(2)20-19(24)15-8-10-18(23)22-21-15/h7-10,12-13H,4-6,11H2,1-3H3,(H,20,24)(H,22,23)/t13-/m1/s1. The van der Waals surface area contributed by atoms with Crippen molar-refractivity contribution in [3.05, 3.63) is 51.9 Å². The quantitative estimate of drug-likeness (QED) is 0.672. The Balaban J connectivity index is 2.03. The van der Waals surface area contributed by atoms with Crippen molar-refractivity contribution < 1.29 is 14.3 Å². The first kappa shape index (κ1) is 19.5. The minimum Gasteiger partial charge on any atom is -0.493 e. The van der Waals surface area contributed by atoms with Gasteiger partial charge in [0.05, 0.1) is 19.8 Å². The molecule has 0 aliphatic carbocycles. The zero-order valence-corrected chi connectivity index (χ0v) is 15.4. The van der Waals surface area contributed by atoms with Crippen LogP contribution >= 0.6 is 0 Å². The van der Waals surface area contributed by atoms with Crippen LogP contribution in [-0.2, 0) is 0 Å². The fourth-order valence-corrected chi connectivity index (χ4v) is 2.43. The van der Waals surface area contributed by atoms with E-state index in [2.05, 4.69) is 22.4 Å². The molecule has 0 saturated carbocycles. The smallest absolute Gasteiger partial charge is 0.272 e. The van der Waals surface area contributed by atoms with E-state index in [1.54, 1.807) is 7.11 Å². The molecule has 0 aliphatic heterocycles. The van der Waals surface area contributed by atoms with Crippen LogP contribution in [-0.4, -0.2) is 29.8 Å². The first-order valence-corrected chi connectivity index (χ1v) is 8.72. The van der Waals surface area contributed by atoms with E-state index < -0.39 is 0 Å². The summed E-state index contributed by atoms with van der Waals surface area (Å²) in [7, 11) is 1.59. The van der Waals surface area contributed by atoms with Crippen molar-refractivity contribution in [1.82, 2.24) is 15.5 Å². The van der Waals surface area contributed by atoms with Gasteiger partial charge in [0.15, 0.2) is 11.5 Å². The average molecular weight is 359 g/mol. The highest BCUT2D eigenvalue weighted by Crippen LogP contribution is 2.30. The first-order valence-electron chi connectivity index (χ1n) is 8.72. The lowest BCUT2D eigenvalue weighted by Crippen LogP contribution is -2.28. The number of methoxy groups -OCH3 is 1. The third-order valence-electron chi connectivity index (χ3n) is 3.95. The van der Waals surface area contributed by atoms with Gasteiger partial charge in [-0.3, -0.25) is 9.59 Å². The number of carbonyl (C=O) groups excluding carboxylic acids is 1. The lowest BCUT2D eigenvalue weighted by atomic mass is 10.1. The minimum absolute atomic E-state index is 0.152. The highest BCUT2D eigenvalue weighted by molar-refractivity contribution is 5.92.